The van der Waals surface area contributed by atoms with Gasteiger partial charge in [0.25, 0.3) is 0 Å². The van der Waals surface area contributed by atoms with Gasteiger partial charge in [-0.3, -0.25) is 0 Å². The molecule has 3 aliphatic rings. The summed E-state index contributed by atoms with van der Waals surface area (Å²) in [6, 6.07) is 6.48. The lowest BCUT2D eigenvalue weighted by atomic mass is 9.44. The van der Waals surface area contributed by atoms with Gasteiger partial charge in [0.05, 0.1) is 0 Å². The number of hydrogen-bond acceptors (Lipinski definition) is 1. The molecule has 0 amide bonds. The van der Waals surface area contributed by atoms with E-state index >= 15 is 0 Å². The normalized spacial score (nSPS) is 41.6. The Morgan fingerprint density at radius 3 is 2.52 bits per heavy atom. The van der Waals surface area contributed by atoms with E-state index in [9.17, 15) is 5.11 Å². The first-order valence-corrected chi connectivity index (χ1v) is 9.56. The van der Waals surface area contributed by atoms with Crippen molar-refractivity contribution in [2.24, 2.45) is 22.7 Å². The highest BCUT2D eigenvalue weighted by Crippen LogP contribution is 2.68. The fourth-order valence-corrected chi connectivity index (χ4v) is 6.65. The zero-order valence-corrected chi connectivity index (χ0v) is 15.3. The molecule has 1 aromatic carbocycles. The second-order valence-corrected chi connectivity index (χ2v) is 9.94. The molecule has 4 rings (SSSR count). The van der Waals surface area contributed by atoms with E-state index in [0.29, 0.717) is 22.0 Å². The monoisotopic (exact) mass is 312 g/mol. The highest BCUT2D eigenvalue weighted by Gasteiger charge is 2.60. The van der Waals surface area contributed by atoms with Crippen molar-refractivity contribution in [3.8, 4) is 5.75 Å². The standard InChI is InChI=1S/C22H32O/c1-15-12-16(6-7-19(15)23)22-10-5-9-21(4,14-22)11-8-17-18(22)13-20(17,2)3/h6-7,12,17-18,23H,5,8-11,13-14H2,1-4H3. The molecular formula is C22H32O. The Labute approximate surface area is 141 Å². The van der Waals surface area contributed by atoms with Crippen LogP contribution in [-0.4, -0.2) is 5.11 Å². The third-order valence-corrected chi connectivity index (χ3v) is 7.92. The zero-order valence-electron chi connectivity index (χ0n) is 15.3. The van der Waals surface area contributed by atoms with Crippen LogP contribution in [0.4, 0.5) is 0 Å². The largest absolute Gasteiger partial charge is 0.508 e. The second-order valence-electron chi connectivity index (χ2n) is 9.94. The van der Waals surface area contributed by atoms with E-state index in [1.165, 1.54) is 50.5 Å². The van der Waals surface area contributed by atoms with E-state index in [0.717, 1.165) is 17.4 Å². The molecule has 1 nitrogen and oxygen atoms in total. The van der Waals surface area contributed by atoms with Gasteiger partial charge < -0.3 is 5.11 Å². The average Bonchev–Trinajstić information content (AvgIpc) is 2.54. The summed E-state index contributed by atoms with van der Waals surface area (Å²) in [7, 11) is 0. The summed E-state index contributed by atoms with van der Waals surface area (Å²) in [5, 5.41) is 9.99. The van der Waals surface area contributed by atoms with Gasteiger partial charge in [0.2, 0.25) is 0 Å². The molecule has 1 heteroatoms. The summed E-state index contributed by atoms with van der Waals surface area (Å²) in [5.74, 6) is 2.18. The molecule has 0 spiro atoms. The molecule has 0 heterocycles. The van der Waals surface area contributed by atoms with Gasteiger partial charge in [-0.05, 0) is 90.7 Å². The molecule has 4 atom stereocenters. The predicted molar refractivity (Wildman–Crippen MR) is 95.7 cm³/mol. The van der Waals surface area contributed by atoms with Crippen LogP contribution in [0.2, 0.25) is 0 Å². The van der Waals surface area contributed by atoms with E-state index in [-0.39, 0.29) is 0 Å². The van der Waals surface area contributed by atoms with Crippen molar-refractivity contribution in [3.63, 3.8) is 0 Å². The molecule has 0 saturated heterocycles. The van der Waals surface area contributed by atoms with E-state index in [2.05, 4.69) is 39.8 Å². The Morgan fingerprint density at radius 1 is 1.04 bits per heavy atom. The van der Waals surface area contributed by atoms with Crippen molar-refractivity contribution in [1.82, 2.24) is 0 Å². The number of phenolic OH excluding ortho intramolecular Hbond substituents is 1. The van der Waals surface area contributed by atoms with Gasteiger partial charge in [-0.25, -0.2) is 0 Å². The maximum Gasteiger partial charge on any atom is 0.118 e. The van der Waals surface area contributed by atoms with Crippen LogP contribution in [0.1, 0.15) is 76.8 Å². The van der Waals surface area contributed by atoms with Crippen LogP contribution in [0.3, 0.4) is 0 Å². The zero-order chi connectivity index (χ0) is 16.5. The lowest BCUT2D eigenvalue weighted by Gasteiger charge is -2.60. The summed E-state index contributed by atoms with van der Waals surface area (Å²) >= 11 is 0. The molecule has 1 aromatic rings. The van der Waals surface area contributed by atoms with Crippen LogP contribution in [0, 0.1) is 29.6 Å². The van der Waals surface area contributed by atoms with E-state index < -0.39 is 0 Å². The lowest BCUT2D eigenvalue weighted by molar-refractivity contribution is -0.0680. The van der Waals surface area contributed by atoms with Gasteiger partial charge in [-0.1, -0.05) is 39.3 Å². The van der Waals surface area contributed by atoms with E-state index in [1.54, 1.807) is 0 Å². The Bertz CT molecular complexity index is 631. The van der Waals surface area contributed by atoms with E-state index in [4.69, 9.17) is 0 Å². The minimum absolute atomic E-state index is 0.363. The predicted octanol–water partition coefficient (Wildman–Crippen LogP) is 5.97. The van der Waals surface area contributed by atoms with Crippen LogP contribution in [-0.2, 0) is 5.41 Å². The van der Waals surface area contributed by atoms with Gasteiger partial charge in [-0.2, -0.15) is 0 Å². The number of rotatable bonds is 1. The number of aryl methyl sites for hydroxylation is 1. The van der Waals surface area contributed by atoms with Gasteiger partial charge in [0, 0.05) is 0 Å². The second kappa shape index (κ2) is 4.77. The maximum absolute atomic E-state index is 9.99. The van der Waals surface area contributed by atoms with Crippen molar-refractivity contribution in [2.45, 2.75) is 78.1 Å². The number of fused-ring (bicyclic) bond motifs is 4. The molecule has 3 fully saturated rings. The molecule has 126 valence electrons. The maximum atomic E-state index is 9.99. The molecule has 0 aliphatic heterocycles. The summed E-state index contributed by atoms with van der Waals surface area (Å²) in [4.78, 5) is 0. The van der Waals surface area contributed by atoms with Crippen LogP contribution in [0.5, 0.6) is 5.75 Å². The van der Waals surface area contributed by atoms with Crippen LogP contribution < -0.4 is 0 Å². The Kier molecular flexibility index (Phi) is 3.22. The van der Waals surface area contributed by atoms with Crippen molar-refractivity contribution < 1.29 is 5.11 Å². The van der Waals surface area contributed by atoms with Crippen molar-refractivity contribution in [2.75, 3.05) is 0 Å². The number of hydrogen-bond donors (Lipinski definition) is 1. The minimum Gasteiger partial charge on any atom is -0.508 e. The first kappa shape index (κ1) is 15.5. The molecule has 4 unspecified atom stereocenters. The molecule has 0 aromatic heterocycles. The smallest absolute Gasteiger partial charge is 0.118 e. The van der Waals surface area contributed by atoms with Crippen molar-refractivity contribution >= 4 is 0 Å². The fraction of sp³-hybridized carbons (Fsp3) is 0.727. The van der Waals surface area contributed by atoms with E-state index in [1.807, 2.05) is 6.07 Å². The van der Waals surface area contributed by atoms with Crippen molar-refractivity contribution in [1.29, 1.82) is 0 Å². The molecule has 0 radical (unpaired) electrons. The van der Waals surface area contributed by atoms with Crippen molar-refractivity contribution in [3.05, 3.63) is 29.3 Å². The van der Waals surface area contributed by atoms with Gasteiger partial charge >= 0.3 is 0 Å². The average molecular weight is 312 g/mol. The number of phenols is 1. The topological polar surface area (TPSA) is 20.2 Å². The third kappa shape index (κ3) is 2.18. The summed E-state index contributed by atoms with van der Waals surface area (Å²) in [6.07, 6.45) is 9.72. The Morgan fingerprint density at radius 2 is 1.83 bits per heavy atom. The third-order valence-electron chi connectivity index (χ3n) is 7.92. The molecule has 3 aliphatic carbocycles. The van der Waals surface area contributed by atoms with Gasteiger partial charge in [0.1, 0.15) is 5.75 Å². The molecule has 23 heavy (non-hydrogen) atoms. The summed E-state index contributed by atoms with van der Waals surface area (Å²) in [5.41, 5.74) is 3.98. The molecule has 1 N–H and O–H groups in total. The highest BCUT2D eigenvalue weighted by atomic mass is 16.3. The molecule has 3 saturated carbocycles. The van der Waals surface area contributed by atoms with Crippen LogP contribution in [0.15, 0.2) is 18.2 Å². The first-order valence-electron chi connectivity index (χ1n) is 9.56. The quantitative estimate of drug-likeness (QED) is 0.677. The molecular weight excluding hydrogens is 280 g/mol. The summed E-state index contributed by atoms with van der Waals surface area (Å²) in [6.45, 7) is 9.57. The lowest BCUT2D eigenvalue weighted by Crippen LogP contribution is -2.54. The number of benzene rings is 1. The number of aromatic hydroxyl groups is 1. The van der Waals surface area contributed by atoms with Crippen LogP contribution in [0.25, 0.3) is 0 Å². The van der Waals surface area contributed by atoms with Crippen LogP contribution >= 0.6 is 0 Å². The SMILES string of the molecule is Cc1cc(C23CCCC(C)(CCC4C2CC4(C)C)C3)ccc1O. The van der Waals surface area contributed by atoms with Gasteiger partial charge in [0.15, 0.2) is 0 Å². The Hall–Kier alpha value is -0.980. The highest BCUT2D eigenvalue weighted by molar-refractivity contribution is 5.40. The minimum atomic E-state index is 0.363. The Balaban J connectivity index is 1.83. The molecule has 2 bridgehead atoms. The van der Waals surface area contributed by atoms with Gasteiger partial charge in [-0.15, -0.1) is 0 Å². The first-order chi connectivity index (χ1) is 10.8. The fourth-order valence-electron chi connectivity index (χ4n) is 6.65. The summed E-state index contributed by atoms with van der Waals surface area (Å²) < 4.78 is 0.